The lowest BCUT2D eigenvalue weighted by Crippen LogP contribution is -2.36. The molecular weight excluding hydrogens is 211 g/mol. The van der Waals surface area contributed by atoms with E-state index in [0.29, 0.717) is 5.69 Å². The Balaban J connectivity index is 2.46. The van der Waals surface area contributed by atoms with Crippen molar-refractivity contribution in [2.45, 2.75) is 26.5 Å². The molecule has 0 aliphatic rings. The zero-order chi connectivity index (χ0) is 12.1. The first-order valence-corrected chi connectivity index (χ1v) is 5.03. The number of hydrogen-bond donors (Lipinski definition) is 1. The van der Waals surface area contributed by atoms with Crippen molar-refractivity contribution < 1.29 is 13.9 Å². The van der Waals surface area contributed by atoms with Gasteiger partial charge in [0.1, 0.15) is 18.5 Å². The van der Waals surface area contributed by atoms with Crippen LogP contribution in [0.25, 0.3) is 0 Å². The Morgan fingerprint density at radius 1 is 1.56 bits per heavy atom. The quantitative estimate of drug-likeness (QED) is 0.785. The third-order valence-electron chi connectivity index (χ3n) is 2.14. The van der Waals surface area contributed by atoms with Gasteiger partial charge >= 0.3 is 5.97 Å². The zero-order valence-corrected chi connectivity index (χ0v) is 9.31. The van der Waals surface area contributed by atoms with Gasteiger partial charge in [-0.15, -0.1) is 0 Å². The van der Waals surface area contributed by atoms with E-state index in [9.17, 15) is 9.18 Å². The van der Waals surface area contributed by atoms with Crippen LogP contribution in [0.2, 0.25) is 0 Å². The minimum Gasteiger partial charge on any atom is -0.458 e. The molecule has 4 nitrogen and oxygen atoms in total. The molecule has 16 heavy (non-hydrogen) atoms. The highest BCUT2D eigenvalue weighted by atomic mass is 19.1. The first kappa shape index (κ1) is 12.6. The van der Waals surface area contributed by atoms with E-state index in [0.717, 1.165) is 6.20 Å². The fraction of sp³-hybridized carbons (Fsp3) is 0.455. The normalized spacial score (nSPS) is 12.6. The number of ether oxygens (including phenoxy) is 1. The molecule has 0 unspecified atom stereocenters. The number of carbonyl (C=O) groups is 1. The van der Waals surface area contributed by atoms with Crippen molar-refractivity contribution in [2.75, 3.05) is 0 Å². The molecule has 0 aliphatic heterocycles. The van der Waals surface area contributed by atoms with E-state index in [2.05, 4.69) is 4.98 Å². The van der Waals surface area contributed by atoms with Gasteiger partial charge in [0.2, 0.25) is 0 Å². The van der Waals surface area contributed by atoms with Crippen molar-refractivity contribution in [3.63, 3.8) is 0 Å². The molecular formula is C11H15FN2O2. The maximum atomic E-state index is 12.5. The average molecular weight is 226 g/mol. The van der Waals surface area contributed by atoms with Gasteiger partial charge in [0, 0.05) is 0 Å². The third kappa shape index (κ3) is 3.58. The van der Waals surface area contributed by atoms with Crippen molar-refractivity contribution in [3.8, 4) is 0 Å². The molecule has 0 aliphatic carbocycles. The van der Waals surface area contributed by atoms with Crippen LogP contribution in [0, 0.1) is 11.7 Å². The first-order chi connectivity index (χ1) is 7.50. The van der Waals surface area contributed by atoms with Crippen LogP contribution in [-0.2, 0) is 16.1 Å². The molecule has 0 bridgehead atoms. The molecule has 0 amide bonds. The molecule has 0 saturated heterocycles. The van der Waals surface area contributed by atoms with Crippen LogP contribution in [0.5, 0.6) is 0 Å². The second kappa shape index (κ2) is 5.55. The lowest BCUT2D eigenvalue weighted by molar-refractivity contribution is -0.147. The summed E-state index contributed by atoms with van der Waals surface area (Å²) in [6.07, 6.45) is 1.07. The molecule has 88 valence electrons. The number of carbonyl (C=O) groups excluding carboxylic acids is 1. The summed E-state index contributed by atoms with van der Waals surface area (Å²) in [5.74, 6) is -0.872. The topological polar surface area (TPSA) is 65.2 Å². The maximum Gasteiger partial charge on any atom is 0.323 e. The molecule has 5 heteroatoms. The van der Waals surface area contributed by atoms with E-state index in [1.807, 2.05) is 13.8 Å². The van der Waals surface area contributed by atoms with Crippen LogP contribution in [0.3, 0.4) is 0 Å². The van der Waals surface area contributed by atoms with Gasteiger partial charge in [-0.2, -0.15) is 0 Å². The Labute approximate surface area is 93.6 Å². The van der Waals surface area contributed by atoms with E-state index >= 15 is 0 Å². The number of nitrogens with zero attached hydrogens (tertiary/aromatic N) is 1. The van der Waals surface area contributed by atoms with Crippen LogP contribution in [-0.4, -0.2) is 17.0 Å². The standard InChI is InChI=1S/C11H15FN2O2/c1-7(2)10(13)11(15)16-6-9-4-3-8(12)5-14-9/h3-5,7,10H,6,13H2,1-2H3/t10-/m0/s1. The van der Waals surface area contributed by atoms with Gasteiger partial charge in [0.05, 0.1) is 11.9 Å². The van der Waals surface area contributed by atoms with Crippen molar-refractivity contribution in [3.05, 3.63) is 29.8 Å². The Morgan fingerprint density at radius 3 is 2.75 bits per heavy atom. The Kier molecular flexibility index (Phi) is 4.37. The van der Waals surface area contributed by atoms with Gasteiger partial charge in [-0.1, -0.05) is 13.8 Å². The monoisotopic (exact) mass is 226 g/mol. The van der Waals surface area contributed by atoms with Crippen LogP contribution < -0.4 is 5.73 Å². The molecule has 0 aromatic carbocycles. The summed E-state index contributed by atoms with van der Waals surface area (Å²) in [5, 5.41) is 0. The Hall–Kier alpha value is -1.49. The van der Waals surface area contributed by atoms with E-state index in [1.165, 1.54) is 12.1 Å². The zero-order valence-electron chi connectivity index (χ0n) is 9.31. The summed E-state index contributed by atoms with van der Waals surface area (Å²) in [4.78, 5) is 15.1. The van der Waals surface area contributed by atoms with Gasteiger partial charge in [0.25, 0.3) is 0 Å². The molecule has 0 fully saturated rings. The van der Waals surface area contributed by atoms with Crippen molar-refractivity contribution in [2.24, 2.45) is 11.7 Å². The summed E-state index contributed by atoms with van der Waals surface area (Å²) >= 11 is 0. The van der Waals surface area contributed by atoms with Gasteiger partial charge in [-0.25, -0.2) is 4.39 Å². The number of pyridine rings is 1. The largest absolute Gasteiger partial charge is 0.458 e. The van der Waals surface area contributed by atoms with Crippen molar-refractivity contribution in [1.82, 2.24) is 4.98 Å². The van der Waals surface area contributed by atoms with E-state index in [4.69, 9.17) is 10.5 Å². The maximum absolute atomic E-state index is 12.5. The second-order valence-electron chi connectivity index (χ2n) is 3.85. The van der Waals surface area contributed by atoms with Crippen LogP contribution in [0.4, 0.5) is 4.39 Å². The fourth-order valence-electron chi connectivity index (χ4n) is 1.01. The van der Waals surface area contributed by atoms with Crippen molar-refractivity contribution in [1.29, 1.82) is 0 Å². The third-order valence-corrected chi connectivity index (χ3v) is 2.14. The minimum atomic E-state index is -0.638. The molecule has 1 heterocycles. The van der Waals surface area contributed by atoms with Crippen LogP contribution in [0.1, 0.15) is 19.5 Å². The lowest BCUT2D eigenvalue weighted by atomic mass is 10.1. The molecule has 1 atom stereocenters. The number of esters is 1. The Morgan fingerprint density at radius 2 is 2.25 bits per heavy atom. The summed E-state index contributed by atoms with van der Waals surface area (Å²) in [7, 11) is 0. The summed E-state index contributed by atoms with van der Waals surface area (Å²) in [6, 6.07) is 2.09. The molecule has 0 saturated carbocycles. The van der Waals surface area contributed by atoms with E-state index in [-0.39, 0.29) is 12.5 Å². The minimum absolute atomic E-state index is 0.0134. The Bertz CT molecular complexity index is 352. The lowest BCUT2D eigenvalue weighted by Gasteiger charge is -2.14. The first-order valence-electron chi connectivity index (χ1n) is 5.03. The van der Waals surface area contributed by atoms with E-state index < -0.39 is 17.8 Å². The predicted octanol–water partition coefficient (Wildman–Crippen LogP) is 1.25. The van der Waals surface area contributed by atoms with Gasteiger partial charge in [-0.3, -0.25) is 9.78 Å². The van der Waals surface area contributed by atoms with Gasteiger partial charge in [-0.05, 0) is 18.1 Å². The second-order valence-corrected chi connectivity index (χ2v) is 3.85. The number of nitrogens with two attached hydrogens (primary N) is 1. The molecule has 1 aromatic rings. The molecule has 0 radical (unpaired) electrons. The predicted molar refractivity (Wildman–Crippen MR) is 56.8 cm³/mol. The molecule has 2 N–H and O–H groups in total. The summed E-state index contributed by atoms with van der Waals surface area (Å²) < 4.78 is 17.5. The highest BCUT2D eigenvalue weighted by molar-refractivity contribution is 5.75. The number of aromatic nitrogens is 1. The van der Waals surface area contributed by atoms with E-state index in [1.54, 1.807) is 0 Å². The fourth-order valence-corrected chi connectivity index (χ4v) is 1.01. The SMILES string of the molecule is CC(C)[C@H](N)C(=O)OCc1ccc(F)cn1. The molecule has 1 rings (SSSR count). The number of halogens is 1. The molecule has 1 aromatic heterocycles. The van der Waals surface area contributed by atoms with Crippen LogP contribution in [0.15, 0.2) is 18.3 Å². The number of hydrogen-bond acceptors (Lipinski definition) is 4. The van der Waals surface area contributed by atoms with Gasteiger partial charge in [0.15, 0.2) is 0 Å². The van der Waals surface area contributed by atoms with Gasteiger partial charge < -0.3 is 10.5 Å². The van der Waals surface area contributed by atoms with Crippen LogP contribution >= 0.6 is 0 Å². The summed E-state index contributed by atoms with van der Waals surface area (Å²) in [6.45, 7) is 3.68. The summed E-state index contributed by atoms with van der Waals surface area (Å²) in [5.41, 5.74) is 6.08. The number of rotatable bonds is 4. The molecule has 0 spiro atoms. The highest BCUT2D eigenvalue weighted by Crippen LogP contribution is 2.04. The smallest absolute Gasteiger partial charge is 0.323 e. The highest BCUT2D eigenvalue weighted by Gasteiger charge is 2.18. The average Bonchev–Trinajstić information content (AvgIpc) is 2.26. The van der Waals surface area contributed by atoms with Crippen molar-refractivity contribution >= 4 is 5.97 Å².